The molecule has 0 unspecified atom stereocenters. The van der Waals surface area contributed by atoms with E-state index in [1.54, 1.807) is 18.2 Å². The smallest absolute Gasteiger partial charge is 0.163 e. The van der Waals surface area contributed by atoms with Crippen LogP contribution in [0.25, 0.3) is 0 Å². The van der Waals surface area contributed by atoms with Crippen LogP contribution in [0.15, 0.2) is 42.5 Å². The summed E-state index contributed by atoms with van der Waals surface area (Å²) in [6.45, 7) is 0. The molecule has 0 amide bonds. The molecule has 0 aromatic heterocycles. The van der Waals surface area contributed by atoms with Crippen molar-refractivity contribution < 1.29 is 4.79 Å². The molecule has 0 fully saturated rings. The number of anilines is 1. The maximum absolute atomic E-state index is 12.0. The quantitative estimate of drug-likeness (QED) is 0.671. The molecular weight excluding hydrogens is 281 g/mol. The molecular formula is C15H13Cl2NO. The van der Waals surface area contributed by atoms with E-state index in [0.717, 1.165) is 5.56 Å². The van der Waals surface area contributed by atoms with Crippen molar-refractivity contribution in [3.63, 3.8) is 0 Å². The van der Waals surface area contributed by atoms with E-state index < -0.39 is 0 Å². The Labute approximate surface area is 122 Å². The van der Waals surface area contributed by atoms with E-state index in [2.05, 4.69) is 0 Å². The van der Waals surface area contributed by atoms with Crippen LogP contribution in [0.3, 0.4) is 0 Å². The lowest BCUT2D eigenvalue weighted by molar-refractivity contribution is 0.0983. The molecule has 98 valence electrons. The third-order valence-corrected chi connectivity index (χ3v) is 3.43. The zero-order chi connectivity index (χ0) is 13.8. The van der Waals surface area contributed by atoms with Gasteiger partial charge < -0.3 is 5.73 Å². The van der Waals surface area contributed by atoms with Crippen molar-refractivity contribution >= 4 is 34.7 Å². The van der Waals surface area contributed by atoms with Gasteiger partial charge in [0.1, 0.15) is 0 Å². The van der Waals surface area contributed by atoms with Crippen molar-refractivity contribution in [3.05, 3.63) is 63.6 Å². The molecule has 2 aromatic carbocycles. The van der Waals surface area contributed by atoms with Gasteiger partial charge in [-0.3, -0.25) is 4.79 Å². The number of carbonyl (C=O) groups excluding carboxylic acids is 1. The Morgan fingerprint density at radius 2 is 1.89 bits per heavy atom. The van der Waals surface area contributed by atoms with Crippen LogP contribution < -0.4 is 5.73 Å². The average Bonchev–Trinajstić information content (AvgIpc) is 2.39. The largest absolute Gasteiger partial charge is 0.398 e. The van der Waals surface area contributed by atoms with Gasteiger partial charge in [0.2, 0.25) is 0 Å². The van der Waals surface area contributed by atoms with Crippen LogP contribution in [0.2, 0.25) is 10.0 Å². The summed E-state index contributed by atoms with van der Waals surface area (Å²) in [7, 11) is 0. The lowest BCUT2D eigenvalue weighted by Crippen LogP contribution is -2.02. The van der Waals surface area contributed by atoms with Gasteiger partial charge in [0, 0.05) is 17.0 Å². The highest BCUT2D eigenvalue weighted by Gasteiger charge is 2.08. The van der Waals surface area contributed by atoms with Crippen molar-refractivity contribution in [1.29, 1.82) is 0 Å². The Morgan fingerprint density at radius 1 is 1.11 bits per heavy atom. The number of hydrogen-bond acceptors (Lipinski definition) is 2. The minimum Gasteiger partial charge on any atom is -0.398 e. The van der Waals surface area contributed by atoms with E-state index in [4.69, 9.17) is 28.9 Å². The predicted molar refractivity (Wildman–Crippen MR) is 80.0 cm³/mol. The van der Waals surface area contributed by atoms with Crippen LogP contribution in [0.5, 0.6) is 0 Å². The molecule has 19 heavy (non-hydrogen) atoms. The van der Waals surface area contributed by atoms with E-state index in [-0.39, 0.29) is 5.78 Å². The molecule has 2 N–H and O–H groups in total. The number of benzene rings is 2. The molecule has 0 bridgehead atoms. The van der Waals surface area contributed by atoms with Gasteiger partial charge in [-0.15, -0.1) is 0 Å². The molecule has 2 nitrogen and oxygen atoms in total. The second kappa shape index (κ2) is 6.09. The Hall–Kier alpha value is -1.51. The Balaban J connectivity index is 2.03. The van der Waals surface area contributed by atoms with E-state index >= 15 is 0 Å². The first-order valence-electron chi connectivity index (χ1n) is 5.89. The number of carbonyl (C=O) groups is 1. The topological polar surface area (TPSA) is 43.1 Å². The third kappa shape index (κ3) is 3.72. The van der Waals surface area contributed by atoms with Gasteiger partial charge in [0.05, 0.1) is 10.7 Å². The maximum Gasteiger partial charge on any atom is 0.163 e. The maximum atomic E-state index is 12.0. The molecule has 0 aliphatic rings. The van der Waals surface area contributed by atoms with Crippen molar-refractivity contribution in [3.8, 4) is 0 Å². The van der Waals surface area contributed by atoms with Gasteiger partial charge in [0.25, 0.3) is 0 Å². The molecule has 0 heterocycles. The number of aryl methyl sites for hydroxylation is 1. The highest BCUT2D eigenvalue weighted by Crippen LogP contribution is 2.21. The molecule has 4 heteroatoms. The lowest BCUT2D eigenvalue weighted by atomic mass is 10.0. The molecule has 2 aromatic rings. The van der Waals surface area contributed by atoms with E-state index in [1.165, 1.54) is 0 Å². The van der Waals surface area contributed by atoms with Gasteiger partial charge in [-0.2, -0.15) is 0 Å². The summed E-state index contributed by atoms with van der Waals surface area (Å²) in [6.07, 6.45) is 1.07. The second-order valence-electron chi connectivity index (χ2n) is 4.29. The van der Waals surface area contributed by atoms with Crippen molar-refractivity contribution in [2.24, 2.45) is 0 Å². The fourth-order valence-corrected chi connectivity index (χ4v) is 2.14. The number of nitrogens with two attached hydrogens (primary N) is 1. The Bertz CT molecular complexity index is 611. The fourth-order valence-electron chi connectivity index (χ4n) is 1.81. The number of halogens is 2. The Kier molecular flexibility index (Phi) is 4.46. The van der Waals surface area contributed by atoms with Gasteiger partial charge in [0.15, 0.2) is 5.78 Å². The van der Waals surface area contributed by atoms with Gasteiger partial charge in [-0.05, 0) is 42.3 Å². The highest BCUT2D eigenvalue weighted by molar-refractivity contribution is 6.33. The molecule has 0 saturated heterocycles. The fraction of sp³-hybridized carbons (Fsp3) is 0.133. The van der Waals surface area contributed by atoms with Crippen LogP contribution >= 0.6 is 23.2 Å². The summed E-state index contributed by atoms with van der Waals surface area (Å²) in [6, 6.07) is 12.5. The summed E-state index contributed by atoms with van der Waals surface area (Å²) in [5.41, 5.74) is 7.74. The second-order valence-corrected chi connectivity index (χ2v) is 5.13. The van der Waals surface area contributed by atoms with E-state index in [1.807, 2.05) is 24.3 Å². The highest BCUT2D eigenvalue weighted by atomic mass is 35.5. The number of Topliss-reactive ketones (excluding diaryl/α,β-unsaturated/α-hetero) is 1. The Morgan fingerprint density at radius 3 is 2.58 bits per heavy atom. The van der Waals surface area contributed by atoms with Crippen molar-refractivity contribution in [2.75, 3.05) is 5.73 Å². The van der Waals surface area contributed by atoms with Gasteiger partial charge in [-0.1, -0.05) is 35.3 Å². The van der Waals surface area contributed by atoms with Crippen LogP contribution in [0.1, 0.15) is 22.3 Å². The van der Waals surface area contributed by atoms with Crippen molar-refractivity contribution in [1.82, 2.24) is 0 Å². The minimum atomic E-state index is 0.0448. The third-order valence-electron chi connectivity index (χ3n) is 2.85. The zero-order valence-electron chi connectivity index (χ0n) is 10.2. The summed E-state index contributed by atoms with van der Waals surface area (Å²) >= 11 is 11.7. The molecule has 2 rings (SSSR count). The summed E-state index contributed by atoms with van der Waals surface area (Å²) in [5, 5.41) is 1.15. The monoisotopic (exact) mass is 293 g/mol. The molecule has 0 aliphatic heterocycles. The molecule has 0 saturated carbocycles. The molecule has 0 spiro atoms. The van der Waals surface area contributed by atoms with E-state index in [9.17, 15) is 4.79 Å². The summed E-state index contributed by atoms with van der Waals surface area (Å²) in [4.78, 5) is 12.0. The van der Waals surface area contributed by atoms with Crippen LogP contribution in [0, 0.1) is 0 Å². The standard InChI is InChI=1S/C15H13Cl2NO/c16-12-3-1-2-10(8-12)4-7-15(19)11-5-6-13(17)14(18)9-11/h1-3,5-6,8-9H,4,7,18H2. The SMILES string of the molecule is Nc1cc(C(=O)CCc2cccc(Cl)c2)ccc1Cl. The van der Waals surface area contributed by atoms with Gasteiger partial charge in [-0.25, -0.2) is 0 Å². The van der Waals surface area contributed by atoms with Crippen LogP contribution in [-0.4, -0.2) is 5.78 Å². The van der Waals surface area contributed by atoms with Crippen LogP contribution in [-0.2, 0) is 6.42 Å². The van der Waals surface area contributed by atoms with Crippen molar-refractivity contribution in [2.45, 2.75) is 12.8 Å². The van der Waals surface area contributed by atoms with Crippen LogP contribution in [0.4, 0.5) is 5.69 Å². The van der Waals surface area contributed by atoms with Gasteiger partial charge >= 0.3 is 0 Å². The number of rotatable bonds is 4. The number of hydrogen-bond donors (Lipinski definition) is 1. The average molecular weight is 294 g/mol. The normalized spacial score (nSPS) is 10.4. The molecule has 0 radical (unpaired) electrons. The summed E-state index contributed by atoms with van der Waals surface area (Å²) < 4.78 is 0. The minimum absolute atomic E-state index is 0.0448. The first-order valence-corrected chi connectivity index (χ1v) is 6.64. The van der Waals surface area contributed by atoms with E-state index in [0.29, 0.717) is 34.1 Å². The lowest BCUT2D eigenvalue weighted by Gasteiger charge is -2.04. The molecule has 0 aliphatic carbocycles. The summed E-state index contributed by atoms with van der Waals surface area (Å²) in [5.74, 6) is 0.0448. The zero-order valence-corrected chi connectivity index (χ0v) is 11.7. The number of nitrogen functional groups attached to an aromatic ring is 1. The predicted octanol–water partition coefficient (Wildman–Crippen LogP) is 4.39. The first kappa shape index (κ1) is 13.9. The molecule has 0 atom stereocenters. The number of ketones is 1. The first-order chi connectivity index (χ1) is 9.06.